The van der Waals surface area contributed by atoms with Crippen molar-refractivity contribution in [2.45, 2.75) is 143 Å². The molecule has 5 N–H and O–H groups in total. The molecule has 0 rings (SSSR count). The van der Waals surface area contributed by atoms with Gasteiger partial charge in [0.05, 0.1) is 12.7 Å². The Hall–Kier alpha value is -2.45. The summed E-state index contributed by atoms with van der Waals surface area (Å²) in [7, 11) is 0. The van der Waals surface area contributed by atoms with Gasteiger partial charge in [0.2, 0.25) is 0 Å². The predicted octanol–water partition coefficient (Wildman–Crippen LogP) is 7.93. The van der Waals surface area contributed by atoms with Crippen LogP contribution in [0.5, 0.6) is 0 Å². The highest BCUT2D eigenvalue weighted by molar-refractivity contribution is 5.85. The van der Waals surface area contributed by atoms with E-state index < -0.39 is 24.0 Å². The van der Waals surface area contributed by atoms with E-state index in [0.29, 0.717) is 0 Å². The molecule has 0 amide bonds. The van der Waals surface area contributed by atoms with Crippen molar-refractivity contribution in [1.82, 2.24) is 0 Å². The van der Waals surface area contributed by atoms with Gasteiger partial charge in [-0.25, -0.2) is 14.4 Å². The van der Waals surface area contributed by atoms with Gasteiger partial charge < -0.3 is 25.5 Å². The number of hydrogen-bond acceptors (Lipinski definition) is 5. The Morgan fingerprint density at radius 3 is 0.900 bits per heavy atom. The Balaban J connectivity index is -0.000000289. The van der Waals surface area contributed by atoms with E-state index in [1.807, 2.05) is 0 Å². The van der Waals surface area contributed by atoms with Gasteiger partial charge in [-0.1, -0.05) is 129 Å². The van der Waals surface area contributed by atoms with Crippen LogP contribution in [0, 0.1) is 0 Å². The van der Waals surface area contributed by atoms with E-state index in [1.54, 1.807) is 0 Å². The van der Waals surface area contributed by atoms with E-state index >= 15 is 0 Å². The second kappa shape index (κ2) is 34.6. The molecule has 1 unspecified atom stereocenters. The van der Waals surface area contributed by atoms with E-state index in [0.717, 1.165) is 12.8 Å². The van der Waals surface area contributed by atoms with Gasteiger partial charge in [-0.3, -0.25) is 0 Å². The van der Waals surface area contributed by atoms with Crippen LogP contribution in [0.4, 0.5) is 0 Å². The van der Waals surface area contributed by atoms with Crippen LogP contribution in [-0.4, -0.2) is 56.2 Å². The summed E-state index contributed by atoms with van der Waals surface area (Å²) in [6, 6.07) is 0. The average Bonchev–Trinajstić information content (AvgIpc) is 2.89. The van der Waals surface area contributed by atoms with Crippen molar-refractivity contribution in [3.63, 3.8) is 0 Å². The number of aliphatic carboxylic acids is 3. The highest BCUT2D eigenvalue weighted by Crippen LogP contribution is 2.14. The second-order valence-electron chi connectivity index (χ2n) is 10.2. The van der Waals surface area contributed by atoms with Gasteiger partial charge in [0.15, 0.2) is 0 Å². The average molecular weight is 573 g/mol. The maximum Gasteiger partial charge on any atom is 0.330 e. The number of hydrogen-bond donors (Lipinski definition) is 5. The molecule has 0 saturated carbocycles. The molecule has 0 saturated heterocycles. The molecular formula is C32H60O8. The van der Waals surface area contributed by atoms with Crippen molar-refractivity contribution >= 4 is 17.9 Å². The summed E-state index contributed by atoms with van der Waals surface area (Å²) >= 11 is 0. The van der Waals surface area contributed by atoms with Crippen molar-refractivity contribution in [2.24, 2.45) is 0 Å². The van der Waals surface area contributed by atoms with E-state index in [2.05, 4.69) is 26.7 Å². The molecular weight excluding hydrogens is 512 g/mol. The number of aliphatic hydroxyl groups excluding tert-OH is 2. The molecule has 0 aromatic rings. The quantitative estimate of drug-likeness (QED) is 0.0686. The number of carbonyl (C=O) groups is 3. The number of unbranched alkanes of at least 4 members (excludes halogenated alkanes) is 15. The predicted molar refractivity (Wildman–Crippen MR) is 165 cm³/mol. The second-order valence-corrected chi connectivity index (χ2v) is 10.2. The van der Waals surface area contributed by atoms with Crippen molar-refractivity contribution < 1.29 is 39.9 Å². The van der Waals surface area contributed by atoms with Gasteiger partial charge in [-0.05, 0) is 27.2 Å². The Kier molecular flexibility index (Phi) is 38.5. The highest BCUT2D eigenvalue weighted by Gasteiger charge is 2.00. The molecule has 0 heterocycles. The fraction of sp³-hybridized carbons (Fsp3) is 0.719. The summed E-state index contributed by atoms with van der Waals surface area (Å²) in [6.45, 7) is 16.0. The fourth-order valence-electron chi connectivity index (χ4n) is 3.02. The van der Waals surface area contributed by atoms with Crippen LogP contribution in [0.3, 0.4) is 0 Å². The molecule has 8 nitrogen and oxygen atoms in total. The maximum atomic E-state index is 9.60. The minimum atomic E-state index is -0.935. The highest BCUT2D eigenvalue weighted by atomic mass is 16.4. The minimum Gasteiger partial charge on any atom is -0.478 e. The van der Waals surface area contributed by atoms with Crippen LogP contribution in [0.2, 0.25) is 0 Å². The SMILES string of the molecule is C=C(C)C(=O)O.C=C(C)C(=O)O.C=C(C)C(=O)O.CCCCCCCCCCCCCCCCCCC(O)CO. The van der Waals surface area contributed by atoms with Gasteiger partial charge >= 0.3 is 17.9 Å². The molecule has 0 bridgehead atoms. The zero-order chi connectivity index (χ0) is 31.8. The molecule has 236 valence electrons. The van der Waals surface area contributed by atoms with E-state index in [1.165, 1.54) is 117 Å². The Labute approximate surface area is 243 Å². The molecule has 8 heteroatoms. The first-order chi connectivity index (χ1) is 18.7. The third kappa shape index (κ3) is 48.6. The molecule has 0 spiro atoms. The van der Waals surface area contributed by atoms with Crippen LogP contribution in [-0.2, 0) is 14.4 Å². The van der Waals surface area contributed by atoms with Gasteiger partial charge in [-0.2, -0.15) is 0 Å². The van der Waals surface area contributed by atoms with Crippen molar-refractivity contribution in [3.8, 4) is 0 Å². The number of carboxylic acids is 3. The smallest absolute Gasteiger partial charge is 0.330 e. The van der Waals surface area contributed by atoms with Gasteiger partial charge in [0.25, 0.3) is 0 Å². The molecule has 0 aliphatic heterocycles. The summed E-state index contributed by atoms with van der Waals surface area (Å²) in [5, 5.41) is 41.6. The minimum absolute atomic E-state index is 0.0846. The van der Waals surface area contributed by atoms with Crippen LogP contribution >= 0.6 is 0 Å². The van der Waals surface area contributed by atoms with E-state index in [9.17, 15) is 19.5 Å². The normalized spacial score (nSPS) is 10.3. The first kappa shape index (κ1) is 44.6. The lowest BCUT2D eigenvalue weighted by molar-refractivity contribution is -0.133. The molecule has 0 aliphatic rings. The standard InChI is InChI=1S/C20H42O2.3C4H6O2/c1-2-3-4-5-6-7-8-9-10-11-12-13-14-15-16-17-18-20(22)19-21;3*1-3(2)4(5)6/h20-22H,2-19H2,1H3;3*1H2,2H3,(H,5,6). The zero-order valence-corrected chi connectivity index (χ0v) is 25.9. The van der Waals surface area contributed by atoms with Crippen molar-refractivity contribution in [1.29, 1.82) is 0 Å². The van der Waals surface area contributed by atoms with Gasteiger partial charge in [0.1, 0.15) is 0 Å². The molecule has 1 atom stereocenters. The maximum absolute atomic E-state index is 9.60. The summed E-state index contributed by atoms with van der Waals surface area (Å²) in [5.41, 5.74) is 0.528. The summed E-state index contributed by atoms with van der Waals surface area (Å²) in [5.74, 6) is -2.81. The number of aliphatic hydroxyl groups is 2. The third-order valence-electron chi connectivity index (χ3n) is 5.70. The van der Waals surface area contributed by atoms with E-state index in [4.69, 9.17) is 20.4 Å². The zero-order valence-electron chi connectivity index (χ0n) is 25.9. The number of rotatable bonds is 21. The third-order valence-corrected chi connectivity index (χ3v) is 5.70. The number of carboxylic acid groups (broad SMARTS) is 3. The molecule has 0 aromatic carbocycles. The van der Waals surface area contributed by atoms with Crippen LogP contribution in [0.15, 0.2) is 36.5 Å². The van der Waals surface area contributed by atoms with Crippen molar-refractivity contribution in [3.05, 3.63) is 36.5 Å². The van der Waals surface area contributed by atoms with Crippen LogP contribution in [0.1, 0.15) is 137 Å². The lowest BCUT2D eigenvalue weighted by Crippen LogP contribution is -2.10. The molecule has 0 radical (unpaired) electrons. The summed E-state index contributed by atoms with van der Waals surface area (Å²) < 4.78 is 0. The molecule has 40 heavy (non-hydrogen) atoms. The lowest BCUT2D eigenvalue weighted by atomic mass is 10.0. The molecule has 0 fully saturated rings. The van der Waals surface area contributed by atoms with Crippen molar-refractivity contribution in [2.75, 3.05) is 6.61 Å². The van der Waals surface area contributed by atoms with Gasteiger partial charge in [0, 0.05) is 16.7 Å². The van der Waals surface area contributed by atoms with Crippen LogP contribution < -0.4 is 0 Å². The first-order valence-electron chi connectivity index (χ1n) is 14.7. The molecule has 0 aliphatic carbocycles. The monoisotopic (exact) mass is 572 g/mol. The fourth-order valence-corrected chi connectivity index (χ4v) is 3.02. The van der Waals surface area contributed by atoms with E-state index in [-0.39, 0.29) is 23.3 Å². The summed E-state index contributed by atoms with van der Waals surface area (Å²) in [6.07, 6.45) is 22.2. The Morgan fingerprint density at radius 2 is 0.725 bits per heavy atom. The van der Waals surface area contributed by atoms with Crippen LogP contribution in [0.25, 0.3) is 0 Å². The van der Waals surface area contributed by atoms with Gasteiger partial charge in [-0.15, -0.1) is 0 Å². The summed E-state index contributed by atoms with van der Waals surface area (Å²) in [4.78, 5) is 28.8. The Bertz CT molecular complexity index is 577. The molecule has 0 aromatic heterocycles. The topological polar surface area (TPSA) is 152 Å². The largest absolute Gasteiger partial charge is 0.478 e. The Morgan fingerprint density at radius 1 is 0.525 bits per heavy atom. The lowest BCUT2D eigenvalue weighted by Gasteiger charge is -2.06. The first-order valence-corrected chi connectivity index (χ1v) is 14.7.